The molecule has 0 spiro atoms. The van der Waals surface area contributed by atoms with Crippen LogP contribution in [0.25, 0.3) is 0 Å². The number of rotatable bonds is 6. The van der Waals surface area contributed by atoms with E-state index < -0.39 is 0 Å². The normalized spacial score (nSPS) is 10.1. The van der Waals surface area contributed by atoms with Gasteiger partial charge in [-0.15, -0.1) is 0 Å². The Hall–Kier alpha value is -2.63. The molecule has 0 fully saturated rings. The second kappa shape index (κ2) is 7.23. The van der Waals surface area contributed by atoms with E-state index >= 15 is 0 Å². The molecule has 0 bridgehead atoms. The molecular weight excluding hydrogens is 268 g/mol. The molecule has 3 N–H and O–H groups in total. The van der Waals surface area contributed by atoms with Gasteiger partial charge < -0.3 is 15.6 Å². The average Bonchev–Trinajstić information content (AvgIpc) is 2.99. The molecule has 1 aromatic carbocycles. The molecule has 1 heterocycles. The highest BCUT2D eigenvalue weighted by Gasteiger charge is 2.05. The number of amides is 2. The summed E-state index contributed by atoms with van der Waals surface area (Å²) in [6, 6.07) is 7.16. The quantitative estimate of drug-likeness (QED) is 0.741. The Balaban J connectivity index is 1.80. The van der Waals surface area contributed by atoms with Crippen LogP contribution in [-0.4, -0.2) is 28.3 Å². The van der Waals surface area contributed by atoms with Crippen LogP contribution in [-0.2, 0) is 17.8 Å². The van der Waals surface area contributed by atoms with Crippen molar-refractivity contribution in [3.05, 3.63) is 53.6 Å². The number of benzene rings is 1. The van der Waals surface area contributed by atoms with Gasteiger partial charge in [-0.25, -0.2) is 4.98 Å². The van der Waals surface area contributed by atoms with Crippen molar-refractivity contribution in [1.82, 2.24) is 20.6 Å². The number of carbonyl (C=O) groups excluding carboxylic acids is 2. The first-order valence-corrected chi connectivity index (χ1v) is 6.75. The van der Waals surface area contributed by atoms with Gasteiger partial charge in [-0.3, -0.25) is 9.59 Å². The topological polar surface area (TPSA) is 86.9 Å². The van der Waals surface area contributed by atoms with Crippen molar-refractivity contribution >= 4 is 11.8 Å². The zero-order chi connectivity index (χ0) is 15.1. The van der Waals surface area contributed by atoms with Crippen LogP contribution in [0.2, 0.25) is 0 Å². The minimum Gasteiger partial charge on any atom is -0.352 e. The highest BCUT2D eigenvalue weighted by Crippen LogP contribution is 2.04. The summed E-state index contributed by atoms with van der Waals surface area (Å²) >= 11 is 0. The van der Waals surface area contributed by atoms with Gasteiger partial charge in [-0.1, -0.05) is 12.1 Å². The Kier molecular flexibility index (Phi) is 5.09. The molecule has 6 nitrogen and oxygen atoms in total. The minimum absolute atomic E-state index is 0.0743. The van der Waals surface area contributed by atoms with Crippen LogP contribution in [0.1, 0.15) is 28.7 Å². The highest BCUT2D eigenvalue weighted by atomic mass is 16.2. The summed E-state index contributed by atoms with van der Waals surface area (Å²) < 4.78 is 0. The Morgan fingerprint density at radius 3 is 2.57 bits per heavy atom. The van der Waals surface area contributed by atoms with Crippen molar-refractivity contribution in [2.45, 2.75) is 19.9 Å². The third-order valence-electron chi connectivity index (χ3n) is 2.96. The molecule has 0 saturated heterocycles. The maximum Gasteiger partial charge on any atom is 0.251 e. The van der Waals surface area contributed by atoms with Gasteiger partial charge in [0.1, 0.15) is 5.82 Å². The summed E-state index contributed by atoms with van der Waals surface area (Å²) in [5, 5.41) is 5.55. The Morgan fingerprint density at radius 2 is 1.95 bits per heavy atom. The van der Waals surface area contributed by atoms with Crippen LogP contribution < -0.4 is 10.6 Å². The van der Waals surface area contributed by atoms with Gasteiger partial charge in [-0.2, -0.15) is 0 Å². The maximum atomic E-state index is 11.9. The van der Waals surface area contributed by atoms with Gasteiger partial charge in [0, 0.05) is 44.4 Å². The summed E-state index contributed by atoms with van der Waals surface area (Å²) in [4.78, 5) is 29.8. The van der Waals surface area contributed by atoms with Crippen molar-refractivity contribution in [3.63, 3.8) is 0 Å². The first kappa shape index (κ1) is 14.8. The molecule has 2 aromatic rings. The monoisotopic (exact) mass is 286 g/mol. The summed E-state index contributed by atoms with van der Waals surface area (Å²) in [6.07, 6.45) is 4.11. The molecule has 2 rings (SSSR count). The average molecular weight is 286 g/mol. The van der Waals surface area contributed by atoms with Crippen molar-refractivity contribution in [1.29, 1.82) is 0 Å². The van der Waals surface area contributed by atoms with E-state index in [1.165, 1.54) is 6.92 Å². The highest BCUT2D eigenvalue weighted by molar-refractivity contribution is 5.94. The van der Waals surface area contributed by atoms with E-state index in [9.17, 15) is 9.59 Å². The second-order valence-electron chi connectivity index (χ2n) is 4.65. The molecule has 21 heavy (non-hydrogen) atoms. The fraction of sp³-hybridized carbons (Fsp3) is 0.267. The number of H-pyrrole nitrogens is 1. The zero-order valence-electron chi connectivity index (χ0n) is 11.8. The summed E-state index contributed by atoms with van der Waals surface area (Å²) in [6.45, 7) is 2.47. The second-order valence-corrected chi connectivity index (χ2v) is 4.65. The number of hydrogen-bond donors (Lipinski definition) is 3. The number of imidazole rings is 1. The number of hydrogen-bond acceptors (Lipinski definition) is 3. The van der Waals surface area contributed by atoms with Crippen LogP contribution in [0.4, 0.5) is 0 Å². The van der Waals surface area contributed by atoms with Gasteiger partial charge in [0.15, 0.2) is 0 Å². The third kappa shape index (κ3) is 4.76. The Labute approximate surface area is 123 Å². The maximum absolute atomic E-state index is 11.9. The van der Waals surface area contributed by atoms with E-state index in [-0.39, 0.29) is 11.8 Å². The van der Waals surface area contributed by atoms with Crippen molar-refractivity contribution in [3.8, 4) is 0 Å². The number of nitrogens with zero attached hydrogens (tertiary/aromatic N) is 1. The molecule has 1 aromatic heterocycles. The molecular formula is C15H18N4O2. The summed E-state index contributed by atoms with van der Waals surface area (Å²) in [5.41, 5.74) is 1.55. The number of aromatic nitrogens is 2. The van der Waals surface area contributed by atoms with E-state index in [1.807, 2.05) is 12.1 Å². The predicted octanol–water partition coefficient (Wildman–Crippen LogP) is 1.02. The molecule has 0 radical (unpaired) electrons. The molecule has 110 valence electrons. The lowest BCUT2D eigenvalue weighted by atomic mass is 10.1. The van der Waals surface area contributed by atoms with Crippen LogP contribution in [0, 0.1) is 0 Å². The van der Waals surface area contributed by atoms with Crippen LogP contribution in [0.3, 0.4) is 0 Å². The predicted molar refractivity (Wildman–Crippen MR) is 78.6 cm³/mol. The Morgan fingerprint density at radius 1 is 1.19 bits per heavy atom. The third-order valence-corrected chi connectivity index (χ3v) is 2.96. The fourth-order valence-electron chi connectivity index (χ4n) is 1.83. The summed E-state index contributed by atoms with van der Waals surface area (Å²) in [5.74, 6) is 0.656. The summed E-state index contributed by atoms with van der Waals surface area (Å²) in [7, 11) is 0. The van der Waals surface area contributed by atoms with Gasteiger partial charge in [0.05, 0.1) is 0 Å². The molecule has 6 heteroatoms. The molecule has 0 aliphatic heterocycles. The van der Waals surface area contributed by atoms with E-state index in [1.54, 1.807) is 24.5 Å². The largest absolute Gasteiger partial charge is 0.352 e. The van der Waals surface area contributed by atoms with Crippen LogP contribution in [0.5, 0.6) is 0 Å². The van der Waals surface area contributed by atoms with Crippen LogP contribution >= 0.6 is 0 Å². The zero-order valence-corrected chi connectivity index (χ0v) is 11.8. The van der Waals surface area contributed by atoms with Crippen molar-refractivity contribution in [2.24, 2.45) is 0 Å². The Bertz CT molecular complexity index is 591. The number of nitrogens with one attached hydrogen (secondary N) is 3. The molecule has 2 amide bonds. The lowest BCUT2D eigenvalue weighted by Crippen LogP contribution is -2.26. The lowest BCUT2D eigenvalue weighted by Gasteiger charge is -2.06. The first-order valence-electron chi connectivity index (χ1n) is 6.75. The molecule has 0 aliphatic rings. The number of aromatic amines is 1. The van der Waals surface area contributed by atoms with E-state index in [0.29, 0.717) is 25.1 Å². The van der Waals surface area contributed by atoms with Gasteiger partial charge in [0.2, 0.25) is 5.91 Å². The van der Waals surface area contributed by atoms with E-state index in [2.05, 4.69) is 20.6 Å². The van der Waals surface area contributed by atoms with Gasteiger partial charge >= 0.3 is 0 Å². The lowest BCUT2D eigenvalue weighted by molar-refractivity contribution is -0.119. The van der Waals surface area contributed by atoms with Crippen LogP contribution in [0.15, 0.2) is 36.7 Å². The minimum atomic E-state index is -0.118. The molecule has 0 aliphatic carbocycles. The van der Waals surface area contributed by atoms with E-state index in [4.69, 9.17) is 0 Å². The molecule has 0 unspecified atom stereocenters. The molecule has 0 atom stereocenters. The van der Waals surface area contributed by atoms with E-state index in [0.717, 1.165) is 11.4 Å². The first-order chi connectivity index (χ1) is 10.1. The van der Waals surface area contributed by atoms with Crippen molar-refractivity contribution in [2.75, 3.05) is 6.54 Å². The van der Waals surface area contributed by atoms with Crippen molar-refractivity contribution < 1.29 is 9.59 Å². The van der Waals surface area contributed by atoms with Gasteiger partial charge in [0.25, 0.3) is 5.91 Å². The fourth-order valence-corrected chi connectivity index (χ4v) is 1.83. The SMILES string of the molecule is CC(=O)NCc1ccc(C(=O)NCCc2ncc[nH]2)cc1. The standard InChI is InChI=1S/C15H18N4O2/c1-11(20)19-10-12-2-4-13(5-3-12)15(21)18-7-6-14-16-8-9-17-14/h2-5,8-9H,6-7,10H2,1H3,(H,16,17)(H,18,21)(H,19,20). The number of carbonyl (C=O) groups is 2. The van der Waals surface area contributed by atoms with Gasteiger partial charge in [-0.05, 0) is 17.7 Å². The smallest absolute Gasteiger partial charge is 0.251 e. The molecule has 0 saturated carbocycles.